The predicted molar refractivity (Wildman–Crippen MR) is 88.0 cm³/mol. The molecular formula is C19H28O5. The molecule has 0 aromatic carbocycles. The minimum absolute atomic E-state index is 0.0265. The molecule has 0 radical (unpaired) electrons. The SMILES string of the molecule is C=C(C)C(=O)OCC12CC3(C)CC(CO)(C1)CC(C(=O)OC)(C3)C2. The predicted octanol–water partition coefficient (Wildman–Crippen LogP) is 2.62. The minimum atomic E-state index is -0.559. The van der Waals surface area contributed by atoms with E-state index < -0.39 is 5.41 Å². The van der Waals surface area contributed by atoms with Crippen LogP contribution in [0.3, 0.4) is 0 Å². The van der Waals surface area contributed by atoms with E-state index in [2.05, 4.69) is 13.5 Å². The van der Waals surface area contributed by atoms with Gasteiger partial charge in [-0.3, -0.25) is 4.79 Å². The number of hydrogen-bond donors (Lipinski definition) is 1. The molecule has 0 heterocycles. The average molecular weight is 336 g/mol. The van der Waals surface area contributed by atoms with Crippen molar-refractivity contribution in [3.05, 3.63) is 12.2 Å². The molecule has 4 fully saturated rings. The molecule has 24 heavy (non-hydrogen) atoms. The topological polar surface area (TPSA) is 72.8 Å². The number of aliphatic hydroxyl groups is 1. The molecule has 4 aliphatic rings. The Kier molecular flexibility index (Phi) is 3.87. The molecule has 0 aromatic heterocycles. The smallest absolute Gasteiger partial charge is 0.333 e. The molecule has 4 saturated carbocycles. The number of aliphatic hydroxyl groups excluding tert-OH is 1. The van der Waals surface area contributed by atoms with Gasteiger partial charge in [0.1, 0.15) is 0 Å². The minimum Gasteiger partial charge on any atom is -0.469 e. The summed E-state index contributed by atoms with van der Waals surface area (Å²) in [5.41, 5.74) is -0.734. The van der Waals surface area contributed by atoms with E-state index in [0.29, 0.717) is 18.4 Å². The Bertz CT molecular complexity index is 599. The molecule has 5 heteroatoms. The first-order valence-corrected chi connectivity index (χ1v) is 8.63. The van der Waals surface area contributed by atoms with Gasteiger partial charge in [0.2, 0.25) is 0 Å². The second-order valence-electron chi connectivity index (χ2n) is 9.16. The van der Waals surface area contributed by atoms with E-state index in [-0.39, 0.29) is 41.4 Å². The van der Waals surface area contributed by atoms with Crippen LogP contribution in [0.15, 0.2) is 12.2 Å². The van der Waals surface area contributed by atoms with Crippen LogP contribution in [-0.4, -0.2) is 37.4 Å². The van der Waals surface area contributed by atoms with Crippen molar-refractivity contribution in [3.63, 3.8) is 0 Å². The highest BCUT2D eigenvalue weighted by atomic mass is 16.5. The summed E-state index contributed by atoms with van der Waals surface area (Å²) >= 11 is 0. The molecule has 0 aromatic rings. The van der Waals surface area contributed by atoms with E-state index in [1.807, 2.05) is 0 Å². The fourth-order valence-electron chi connectivity index (χ4n) is 6.70. The van der Waals surface area contributed by atoms with Crippen LogP contribution in [0.25, 0.3) is 0 Å². The van der Waals surface area contributed by atoms with Crippen molar-refractivity contribution >= 4 is 11.9 Å². The maximum Gasteiger partial charge on any atom is 0.333 e. The second kappa shape index (κ2) is 5.32. The van der Waals surface area contributed by atoms with Gasteiger partial charge in [0.05, 0.1) is 19.1 Å². The van der Waals surface area contributed by atoms with Gasteiger partial charge in [-0.25, -0.2) is 4.79 Å². The van der Waals surface area contributed by atoms with Gasteiger partial charge in [-0.05, 0) is 56.3 Å². The number of ether oxygens (including phenoxy) is 2. The largest absolute Gasteiger partial charge is 0.469 e. The number of hydrogen-bond acceptors (Lipinski definition) is 5. The fourth-order valence-corrected chi connectivity index (χ4v) is 6.70. The van der Waals surface area contributed by atoms with Gasteiger partial charge >= 0.3 is 11.9 Å². The Morgan fingerprint density at radius 3 is 2.29 bits per heavy atom. The van der Waals surface area contributed by atoms with E-state index in [4.69, 9.17) is 9.47 Å². The highest BCUT2D eigenvalue weighted by molar-refractivity contribution is 5.87. The van der Waals surface area contributed by atoms with Gasteiger partial charge in [-0.15, -0.1) is 0 Å². The number of esters is 2. The zero-order chi connectivity index (χ0) is 17.8. The number of carbonyl (C=O) groups excluding carboxylic acids is 2. The number of rotatable bonds is 5. The Hall–Kier alpha value is -1.36. The molecule has 4 aliphatic carbocycles. The van der Waals surface area contributed by atoms with Gasteiger partial charge in [-0.1, -0.05) is 13.5 Å². The summed E-state index contributed by atoms with van der Waals surface area (Å²) in [6.45, 7) is 7.81. The monoisotopic (exact) mass is 336 g/mol. The third kappa shape index (κ3) is 2.57. The van der Waals surface area contributed by atoms with E-state index in [1.165, 1.54) is 7.11 Å². The number of carbonyl (C=O) groups is 2. The second-order valence-corrected chi connectivity index (χ2v) is 9.16. The lowest BCUT2D eigenvalue weighted by atomic mass is 9.36. The summed E-state index contributed by atoms with van der Waals surface area (Å²) in [7, 11) is 1.43. The third-order valence-electron chi connectivity index (χ3n) is 6.36. The summed E-state index contributed by atoms with van der Waals surface area (Å²) in [6.07, 6.45) is 4.79. The van der Waals surface area contributed by atoms with Crippen molar-refractivity contribution < 1.29 is 24.2 Å². The highest BCUT2D eigenvalue weighted by Crippen LogP contribution is 2.73. The van der Waals surface area contributed by atoms with E-state index in [0.717, 1.165) is 25.7 Å². The summed E-state index contributed by atoms with van der Waals surface area (Å²) < 4.78 is 10.6. The maximum atomic E-state index is 12.6. The van der Waals surface area contributed by atoms with Gasteiger partial charge in [0, 0.05) is 17.6 Å². The first kappa shape index (κ1) is 17.5. The summed E-state index contributed by atoms with van der Waals surface area (Å²) in [4.78, 5) is 24.5. The lowest BCUT2D eigenvalue weighted by molar-refractivity contribution is -0.229. The van der Waals surface area contributed by atoms with Crippen LogP contribution in [0.4, 0.5) is 0 Å². The molecule has 0 amide bonds. The molecule has 0 aliphatic heterocycles. The van der Waals surface area contributed by atoms with Crippen molar-refractivity contribution in [1.29, 1.82) is 0 Å². The zero-order valence-corrected chi connectivity index (χ0v) is 14.9. The van der Waals surface area contributed by atoms with Crippen molar-refractivity contribution in [2.75, 3.05) is 20.3 Å². The zero-order valence-electron chi connectivity index (χ0n) is 14.9. The molecule has 1 N–H and O–H groups in total. The van der Waals surface area contributed by atoms with Crippen LogP contribution >= 0.6 is 0 Å². The van der Waals surface area contributed by atoms with E-state index >= 15 is 0 Å². The molecule has 4 rings (SSSR count). The molecule has 4 unspecified atom stereocenters. The van der Waals surface area contributed by atoms with Crippen LogP contribution < -0.4 is 0 Å². The summed E-state index contributed by atoms with van der Waals surface area (Å²) in [5.74, 6) is -0.567. The van der Waals surface area contributed by atoms with Crippen molar-refractivity contribution in [3.8, 4) is 0 Å². The highest BCUT2D eigenvalue weighted by Gasteiger charge is 2.69. The Balaban J connectivity index is 1.94. The van der Waals surface area contributed by atoms with E-state index in [1.54, 1.807) is 6.92 Å². The molecule has 5 nitrogen and oxygen atoms in total. The molecule has 0 spiro atoms. The Morgan fingerprint density at radius 2 is 1.71 bits per heavy atom. The third-order valence-corrected chi connectivity index (χ3v) is 6.36. The van der Waals surface area contributed by atoms with Crippen LogP contribution in [0.1, 0.15) is 52.4 Å². The maximum absolute atomic E-state index is 12.6. The van der Waals surface area contributed by atoms with Crippen LogP contribution in [0, 0.1) is 21.7 Å². The van der Waals surface area contributed by atoms with Gasteiger partial charge in [-0.2, -0.15) is 0 Å². The van der Waals surface area contributed by atoms with Crippen LogP contribution in [0.5, 0.6) is 0 Å². The molecule has 4 atom stereocenters. The quantitative estimate of drug-likeness (QED) is 0.617. The normalized spacial score (nSPS) is 42.7. The fraction of sp³-hybridized carbons (Fsp3) is 0.789. The van der Waals surface area contributed by atoms with Gasteiger partial charge < -0.3 is 14.6 Å². The lowest BCUT2D eigenvalue weighted by Gasteiger charge is -2.68. The Morgan fingerprint density at radius 1 is 1.08 bits per heavy atom. The van der Waals surface area contributed by atoms with Gasteiger partial charge in [0.15, 0.2) is 0 Å². The molecular weight excluding hydrogens is 308 g/mol. The first-order chi connectivity index (χ1) is 11.1. The standard InChI is InChI=1S/C19H28O5/c1-13(2)14(21)24-12-18-6-16(3)5-17(8-18,11-20)9-19(7-16,10-18)15(22)23-4/h20H,1,5-12H2,2-4H3. The number of methoxy groups -OCH3 is 1. The van der Waals surface area contributed by atoms with Crippen molar-refractivity contribution in [1.82, 2.24) is 0 Å². The average Bonchev–Trinajstić information content (AvgIpc) is 2.49. The lowest BCUT2D eigenvalue weighted by Crippen LogP contribution is -2.64. The Labute approximate surface area is 143 Å². The molecule has 0 saturated heterocycles. The van der Waals surface area contributed by atoms with E-state index in [9.17, 15) is 14.7 Å². The molecule has 134 valence electrons. The molecule has 4 bridgehead atoms. The van der Waals surface area contributed by atoms with Crippen molar-refractivity contribution in [2.24, 2.45) is 21.7 Å². The van der Waals surface area contributed by atoms with Crippen LogP contribution in [0.2, 0.25) is 0 Å². The summed E-state index contributed by atoms with van der Waals surface area (Å²) in [5, 5.41) is 10.1. The van der Waals surface area contributed by atoms with Gasteiger partial charge in [0.25, 0.3) is 0 Å². The first-order valence-electron chi connectivity index (χ1n) is 8.63. The van der Waals surface area contributed by atoms with Crippen molar-refractivity contribution in [2.45, 2.75) is 52.4 Å². The summed E-state index contributed by atoms with van der Waals surface area (Å²) in [6, 6.07) is 0. The van der Waals surface area contributed by atoms with Crippen LogP contribution in [-0.2, 0) is 19.1 Å².